The van der Waals surface area contributed by atoms with Crippen LogP contribution in [0.2, 0.25) is 5.02 Å². The van der Waals surface area contributed by atoms with E-state index in [-0.39, 0.29) is 39.8 Å². The van der Waals surface area contributed by atoms with E-state index in [1.54, 1.807) is 13.0 Å². The van der Waals surface area contributed by atoms with Gasteiger partial charge in [-0.15, -0.1) is 0 Å². The number of nitriles is 1. The lowest BCUT2D eigenvalue weighted by molar-refractivity contribution is -0.137. The van der Waals surface area contributed by atoms with Gasteiger partial charge in [0.1, 0.15) is 17.6 Å². The zero-order chi connectivity index (χ0) is 19.4. The number of anilines is 1. The topological polar surface area (TPSA) is 112 Å². The highest BCUT2D eigenvalue weighted by Gasteiger charge is 2.28. The van der Waals surface area contributed by atoms with Crippen molar-refractivity contribution < 1.29 is 23.5 Å². The van der Waals surface area contributed by atoms with Gasteiger partial charge in [-0.1, -0.05) is 11.6 Å². The van der Waals surface area contributed by atoms with E-state index in [0.29, 0.717) is 0 Å². The SMILES string of the molecule is CCOC(=O)C(=O)c1c(C)[nH]c(C(=O)Nc2ccc(F)c(C#N)c2)c1Cl. The maximum Gasteiger partial charge on any atom is 0.379 e. The maximum absolute atomic E-state index is 13.3. The number of nitrogens with zero attached hydrogens (tertiary/aromatic N) is 1. The van der Waals surface area contributed by atoms with Gasteiger partial charge in [0.15, 0.2) is 0 Å². The summed E-state index contributed by atoms with van der Waals surface area (Å²) in [6.45, 7) is 3.04. The lowest BCUT2D eigenvalue weighted by Gasteiger charge is -2.05. The van der Waals surface area contributed by atoms with E-state index >= 15 is 0 Å². The number of nitrogens with one attached hydrogen (secondary N) is 2. The molecule has 134 valence electrons. The van der Waals surface area contributed by atoms with Crippen molar-refractivity contribution in [1.82, 2.24) is 4.98 Å². The van der Waals surface area contributed by atoms with E-state index in [1.807, 2.05) is 0 Å². The second kappa shape index (κ2) is 7.80. The van der Waals surface area contributed by atoms with Crippen molar-refractivity contribution in [2.75, 3.05) is 11.9 Å². The molecule has 1 amide bonds. The van der Waals surface area contributed by atoms with Gasteiger partial charge in [-0.3, -0.25) is 9.59 Å². The highest BCUT2D eigenvalue weighted by atomic mass is 35.5. The summed E-state index contributed by atoms with van der Waals surface area (Å²) >= 11 is 6.08. The highest BCUT2D eigenvalue weighted by molar-refractivity contribution is 6.47. The van der Waals surface area contributed by atoms with Crippen LogP contribution in [0.15, 0.2) is 18.2 Å². The number of hydrogen-bond acceptors (Lipinski definition) is 5. The fourth-order valence-corrected chi connectivity index (χ4v) is 2.56. The minimum absolute atomic E-state index is 0.0186. The third-order valence-corrected chi connectivity index (χ3v) is 3.76. The quantitative estimate of drug-likeness (QED) is 0.472. The number of halogens is 2. The van der Waals surface area contributed by atoms with E-state index in [4.69, 9.17) is 16.9 Å². The summed E-state index contributed by atoms with van der Waals surface area (Å²) in [6, 6.07) is 5.11. The van der Waals surface area contributed by atoms with Crippen molar-refractivity contribution in [3.05, 3.63) is 51.6 Å². The number of aryl methyl sites for hydroxylation is 1. The molecule has 7 nitrogen and oxygen atoms in total. The van der Waals surface area contributed by atoms with Gasteiger partial charge in [-0.05, 0) is 32.0 Å². The van der Waals surface area contributed by atoms with Gasteiger partial charge in [0.2, 0.25) is 0 Å². The van der Waals surface area contributed by atoms with Gasteiger partial charge in [-0.2, -0.15) is 5.26 Å². The van der Waals surface area contributed by atoms with Crippen LogP contribution in [0.4, 0.5) is 10.1 Å². The zero-order valence-electron chi connectivity index (χ0n) is 13.8. The minimum atomic E-state index is -1.08. The Morgan fingerprint density at radius 2 is 2.08 bits per heavy atom. The Balaban J connectivity index is 2.31. The Hall–Kier alpha value is -3.18. The summed E-state index contributed by atoms with van der Waals surface area (Å²) in [7, 11) is 0. The second-order valence-corrected chi connectivity index (χ2v) is 5.50. The van der Waals surface area contributed by atoms with Crippen LogP contribution in [-0.2, 0) is 9.53 Å². The summed E-state index contributed by atoms with van der Waals surface area (Å²) < 4.78 is 18.0. The molecule has 0 fully saturated rings. The number of aromatic amines is 1. The van der Waals surface area contributed by atoms with Gasteiger partial charge < -0.3 is 15.0 Å². The molecule has 26 heavy (non-hydrogen) atoms. The first-order chi connectivity index (χ1) is 12.3. The first-order valence-electron chi connectivity index (χ1n) is 7.40. The number of ether oxygens (including phenoxy) is 1. The molecule has 9 heteroatoms. The van der Waals surface area contributed by atoms with E-state index < -0.39 is 23.5 Å². The van der Waals surface area contributed by atoms with Crippen LogP contribution in [0.5, 0.6) is 0 Å². The second-order valence-electron chi connectivity index (χ2n) is 5.12. The van der Waals surface area contributed by atoms with E-state index in [9.17, 15) is 18.8 Å². The Morgan fingerprint density at radius 1 is 1.38 bits per heavy atom. The van der Waals surface area contributed by atoms with Gasteiger partial charge >= 0.3 is 5.97 Å². The fraction of sp³-hybridized carbons (Fsp3) is 0.176. The monoisotopic (exact) mass is 377 g/mol. The molecule has 0 aliphatic rings. The predicted molar refractivity (Wildman–Crippen MR) is 90.6 cm³/mol. The van der Waals surface area contributed by atoms with Crippen molar-refractivity contribution in [2.45, 2.75) is 13.8 Å². The first kappa shape index (κ1) is 19.1. The molecule has 0 aliphatic heterocycles. The minimum Gasteiger partial charge on any atom is -0.460 e. The van der Waals surface area contributed by atoms with Crippen LogP contribution in [0.3, 0.4) is 0 Å². The lowest BCUT2D eigenvalue weighted by atomic mass is 10.1. The largest absolute Gasteiger partial charge is 0.460 e. The molecule has 2 rings (SSSR count). The normalized spacial score (nSPS) is 10.1. The van der Waals surface area contributed by atoms with Gasteiger partial charge in [0.25, 0.3) is 11.7 Å². The number of carbonyl (C=O) groups excluding carboxylic acids is 3. The Morgan fingerprint density at radius 3 is 2.69 bits per heavy atom. The molecule has 0 spiro atoms. The van der Waals surface area contributed by atoms with Crippen molar-refractivity contribution in [1.29, 1.82) is 5.26 Å². The standard InChI is InChI=1S/C17H13ClFN3O4/c1-3-26-17(25)15(23)12-8(2)21-14(13(12)18)16(24)22-10-4-5-11(19)9(6-10)7-20/h4-6,21H,3H2,1-2H3,(H,22,24). The molecule has 0 saturated heterocycles. The van der Waals surface area contributed by atoms with Crippen LogP contribution in [-0.4, -0.2) is 29.3 Å². The van der Waals surface area contributed by atoms with Crippen molar-refractivity contribution in [2.24, 2.45) is 0 Å². The number of hydrogen-bond donors (Lipinski definition) is 2. The number of carbonyl (C=O) groups is 3. The molecule has 2 aromatic rings. The van der Waals surface area contributed by atoms with Crippen molar-refractivity contribution >= 4 is 34.9 Å². The van der Waals surface area contributed by atoms with Crippen LogP contribution in [0.1, 0.15) is 39.0 Å². The number of Topliss-reactive ketones (excluding diaryl/α,β-unsaturated/α-hetero) is 1. The summed E-state index contributed by atoms with van der Waals surface area (Å²) in [5.41, 5.74) is -0.175. The molecule has 1 aromatic heterocycles. The number of ketones is 1. The summed E-state index contributed by atoms with van der Waals surface area (Å²) in [4.78, 5) is 38.7. The third kappa shape index (κ3) is 3.73. The van der Waals surface area contributed by atoms with Crippen LogP contribution >= 0.6 is 11.6 Å². The molecule has 1 aromatic carbocycles. The van der Waals surface area contributed by atoms with Crippen LogP contribution in [0.25, 0.3) is 0 Å². The summed E-state index contributed by atoms with van der Waals surface area (Å²) in [5, 5.41) is 11.0. The molecule has 0 radical (unpaired) electrons. The molecule has 0 aliphatic carbocycles. The Bertz CT molecular complexity index is 946. The Labute approximate surface area is 152 Å². The summed E-state index contributed by atoms with van der Waals surface area (Å²) in [6.07, 6.45) is 0. The molecule has 0 bridgehead atoms. The number of rotatable bonds is 5. The highest BCUT2D eigenvalue weighted by Crippen LogP contribution is 2.26. The molecule has 0 atom stereocenters. The maximum atomic E-state index is 13.3. The average Bonchev–Trinajstić information content (AvgIpc) is 2.90. The van der Waals surface area contributed by atoms with Crippen LogP contribution in [0, 0.1) is 24.1 Å². The molecule has 0 saturated carbocycles. The molecular weight excluding hydrogens is 365 g/mol. The number of H-pyrrole nitrogens is 1. The van der Waals surface area contributed by atoms with Crippen molar-refractivity contribution in [3.8, 4) is 6.07 Å². The fourth-order valence-electron chi connectivity index (χ4n) is 2.20. The predicted octanol–water partition coefficient (Wildman–Crippen LogP) is 2.99. The van der Waals surface area contributed by atoms with Crippen LogP contribution < -0.4 is 5.32 Å². The smallest absolute Gasteiger partial charge is 0.379 e. The molecular formula is C17H13ClFN3O4. The average molecular weight is 378 g/mol. The summed E-state index contributed by atoms with van der Waals surface area (Å²) in [5.74, 6) is -3.50. The number of aromatic nitrogens is 1. The molecule has 0 unspecified atom stereocenters. The van der Waals surface area contributed by atoms with E-state index in [1.165, 1.54) is 13.0 Å². The van der Waals surface area contributed by atoms with Crippen molar-refractivity contribution in [3.63, 3.8) is 0 Å². The molecule has 1 heterocycles. The number of esters is 1. The number of amides is 1. The van der Waals surface area contributed by atoms with E-state index in [2.05, 4.69) is 15.0 Å². The molecule has 2 N–H and O–H groups in total. The van der Waals surface area contributed by atoms with Gasteiger partial charge in [0.05, 0.1) is 22.8 Å². The Kier molecular flexibility index (Phi) is 5.75. The first-order valence-corrected chi connectivity index (χ1v) is 7.78. The lowest BCUT2D eigenvalue weighted by Crippen LogP contribution is -2.18. The third-order valence-electron chi connectivity index (χ3n) is 3.39. The van der Waals surface area contributed by atoms with E-state index in [0.717, 1.165) is 12.1 Å². The zero-order valence-corrected chi connectivity index (χ0v) is 14.5. The van der Waals surface area contributed by atoms with Gasteiger partial charge in [0, 0.05) is 11.4 Å². The van der Waals surface area contributed by atoms with Gasteiger partial charge in [-0.25, -0.2) is 9.18 Å². The number of benzene rings is 1.